The second kappa shape index (κ2) is 5.88. The maximum atomic E-state index is 11.8. The summed E-state index contributed by atoms with van der Waals surface area (Å²) in [6, 6.07) is 12.3. The number of carboxylic acid groups (broad SMARTS) is 1. The minimum Gasteiger partial charge on any atom is -0.508 e. The summed E-state index contributed by atoms with van der Waals surface area (Å²) in [7, 11) is 0. The number of phenolic OH excluding ortho intramolecular Hbond substituents is 1. The molecule has 0 radical (unpaired) electrons. The minimum absolute atomic E-state index is 0.0932. The van der Waals surface area contributed by atoms with Crippen molar-refractivity contribution in [3.8, 4) is 5.75 Å². The summed E-state index contributed by atoms with van der Waals surface area (Å²) in [6.45, 7) is 0.237. The van der Waals surface area contributed by atoms with Crippen LogP contribution in [0.15, 0.2) is 48.5 Å². The molecule has 0 saturated heterocycles. The van der Waals surface area contributed by atoms with Gasteiger partial charge in [-0.05, 0) is 42.0 Å². The number of rotatable bonds is 4. The number of hydrogen-bond acceptors (Lipinski definition) is 3. The number of aromatic hydroxyl groups is 1. The molecule has 2 aromatic rings. The lowest BCUT2D eigenvalue weighted by molar-refractivity contribution is 0.0696. The van der Waals surface area contributed by atoms with E-state index in [-0.39, 0.29) is 23.8 Å². The molecule has 0 aliphatic heterocycles. The second-order valence-electron chi connectivity index (χ2n) is 4.24. The molecule has 0 atom stereocenters. The van der Waals surface area contributed by atoms with E-state index >= 15 is 0 Å². The van der Waals surface area contributed by atoms with Crippen molar-refractivity contribution in [2.75, 3.05) is 0 Å². The van der Waals surface area contributed by atoms with E-state index in [1.165, 1.54) is 36.4 Å². The third-order valence-electron chi connectivity index (χ3n) is 2.76. The zero-order valence-corrected chi connectivity index (χ0v) is 10.5. The number of hydrogen-bond donors (Lipinski definition) is 3. The lowest BCUT2D eigenvalue weighted by Crippen LogP contribution is -2.22. The van der Waals surface area contributed by atoms with Crippen molar-refractivity contribution in [2.24, 2.45) is 0 Å². The molecule has 5 nitrogen and oxygen atoms in total. The molecule has 20 heavy (non-hydrogen) atoms. The van der Waals surface area contributed by atoms with Gasteiger partial charge in [-0.25, -0.2) is 4.79 Å². The minimum atomic E-state index is -1.00. The fourth-order valence-corrected chi connectivity index (χ4v) is 1.71. The quantitative estimate of drug-likeness (QED) is 0.794. The van der Waals surface area contributed by atoms with Crippen LogP contribution in [0.2, 0.25) is 0 Å². The van der Waals surface area contributed by atoms with Crippen molar-refractivity contribution in [3.05, 3.63) is 65.2 Å². The van der Waals surface area contributed by atoms with Crippen LogP contribution in [0.4, 0.5) is 0 Å². The Balaban J connectivity index is 2.01. The number of benzene rings is 2. The van der Waals surface area contributed by atoms with Gasteiger partial charge >= 0.3 is 5.97 Å². The molecule has 0 spiro atoms. The molecule has 2 aromatic carbocycles. The summed E-state index contributed by atoms with van der Waals surface area (Å²) >= 11 is 0. The van der Waals surface area contributed by atoms with Crippen molar-refractivity contribution >= 4 is 11.9 Å². The Kier molecular flexibility index (Phi) is 4.00. The average molecular weight is 271 g/mol. The van der Waals surface area contributed by atoms with Gasteiger partial charge in [0.25, 0.3) is 5.91 Å². The summed E-state index contributed by atoms with van der Waals surface area (Å²) in [5.74, 6) is -1.20. The first-order valence-corrected chi connectivity index (χ1v) is 5.96. The number of amides is 1. The molecule has 0 bridgehead atoms. The molecule has 3 N–H and O–H groups in total. The van der Waals surface area contributed by atoms with Crippen molar-refractivity contribution < 1.29 is 19.8 Å². The number of nitrogens with one attached hydrogen (secondary N) is 1. The Morgan fingerprint density at radius 1 is 1.00 bits per heavy atom. The predicted molar refractivity (Wildman–Crippen MR) is 72.7 cm³/mol. The average Bonchev–Trinajstić information content (AvgIpc) is 2.46. The molecule has 2 rings (SSSR count). The van der Waals surface area contributed by atoms with Crippen molar-refractivity contribution in [3.63, 3.8) is 0 Å². The van der Waals surface area contributed by atoms with E-state index in [1.54, 1.807) is 12.1 Å². The predicted octanol–water partition coefficient (Wildman–Crippen LogP) is 2.02. The third-order valence-corrected chi connectivity index (χ3v) is 2.76. The Bertz CT molecular complexity index is 635. The molecule has 0 aromatic heterocycles. The monoisotopic (exact) mass is 271 g/mol. The highest BCUT2D eigenvalue weighted by Crippen LogP contribution is 2.10. The van der Waals surface area contributed by atoms with Crippen LogP contribution in [0.5, 0.6) is 5.75 Å². The summed E-state index contributed by atoms with van der Waals surface area (Å²) in [6.07, 6.45) is 0. The van der Waals surface area contributed by atoms with E-state index < -0.39 is 5.97 Å². The van der Waals surface area contributed by atoms with Crippen LogP contribution >= 0.6 is 0 Å². The van der Waals surface area contributed by atoms with Gasteiger partial charge in [-0.2, -0.15) is 0 Å². The van der Waals surface area contributed by atoms with Gasteiger partial charge in [-0.1, -0.05) is 12.1 Å². The zero-order chi connectivity index (χ0) is 14.5. The largest absolute Gasteiger partial charge is 0.508 e. The van der Waals surface area contributed by atoms with E-state index in [0.29, 0.717) is 11.1 Å². The standard InChI is InChI=1S/C15H13NO4/c17-13-6-4-11(5-7-13)14(18)16-9-10-2-1-3-12(8-10)15(19)20/h1-8,17H,9H2,(H,16,18)(H,19,20). The van der Waals surface area contributed by atoms with Gasteiger partial charge < -0.3 is 15.5 Å². The van der Waals surface area contributed by atoms with Crippen molar-refractivity contribution in [2.45, 2.75) is 6.54 Å². The Hall–Kier alpha value is -2.82. The summed E-state index contributed by atoms with van der Waals surface area (Å²) in [5.41, 5.74) is 1.32. The molecule has 0 unspecified atom stereocenters. The van der Waals surface area contributed by atoms with Crippen LogP contribution in [-0.4, -0.2) is 22.1 Å². The highest BCUT2D eigenvalue weighted by Gasteiger charge is 2.07. The lowest BCUT2D eigenvalue weighted by atomic mass is 10.1. The first kappa shape index (κ1) is 13.6. The molecule has 5 heteroatoms. The molecule has 0 aliphatic carbocycles. The maximum Gasteiger partial charge on any atom is 0.335 e. The fourth-order valence-electron chi connectivity index (χ4n) is 1.71. The molecular weight excluding hydrogens is 258 g/mol. The zero-order valence-electron chi connectivity index (χ0n) is 10.5. The second-order valence-corrected chi connectivity index (χ2v) is 4.24. The number of phenols is 1. The van der Waals surface area contributed by atoms with E-state index in [1.807, 2.05) is 0 Å². The molecular formula is C15H13NO4. The topological polar surface area (TPSA) is 86.6 Å². The molecule has 102 valence electrons. The van der Waals surface area contributed by atoms with E-state index in [9.17, 15) is 9.59 Å². The molecule has 0 fully saturated rings. The number of carbonyl (C=O) groups excluding carboxylic acids is 1. The van der Waals surface area contributed by atoms with Crippen LogP contribution in [0.3, 0.4) is 0 Å². The van der Waals surface area contributed by atoms with Crippen LogP contribution in [0.1, 0.15) is 26.3 Å². The maximum absolute atomic E-state index is 11.8. The Morgan fingerprint density at radius 2 is 1.70 bits per heavy atom. The smallest absolute Gasteiger partial charge is 0.335 e. The van der Waals surface area contributed by atoms with Crippen molar-refractivity contribution in [1.82, 2.24) is 5.32 Å². The van der Waals surface area contributed by atoms with Gasteiger partial charge in [0.2, 0.25) is 0 Å². The fraction of sp³-hybridized carbons (Fsp3) is 0.0667. The van der Waals surface area contributed by atoms with E-state index in [4.69, 9.17) is 10.2 Å². The number of aromatic carboxylic acids is 1. The first-order valence-electron chi connectivity index (χ1n) is 5.96. The van der Waals surface area contributed by atoms with Crippen LogP contribution in [0.25, 0.3) is 0 Å². The van der Waals surface area contributed by atoms with E-state index in [0.717, 1.165) is 0 Å². The molecule has 0 aliphatic rings. The third kappa shape index (κ3) is 3.35. The van der Waals surface area contributed by atoms with Gasteiger partial charge in [0.05, 0.1) is 5.56 Å². The van der Waals surface area contributed by atoms with E-state index in [2.05, 4.69) is 5.32 Å². The van der Waals surface area contributed by atoms with Gasteiger partial charge in [0.1, 0.15) is 5.75 Å². The van der Waals surface area contributed by atoms with Gasteiger partial charge in [0, 0.05) is 12.1 Å². The Labute approximate surface area is 115 Å². The number of carboxylic acids is 1. The summed E-state index contributed by atoms with van der Waals surface area (Å²) in [4.78, 5) is 22.7. The Morgan fingerprint density at radius 3 is 2.35 bits per heavy atom. The molecule has 0 saturated carbocycles. The molecule has 1 amide bonds. The summed E-state index contributed by atoms with van der Waals surface area (Å²) < 4.78 is 0. The van der Waals surface area contributed by atoms with Gasteiger partial charge in [-0.3, -0.25) is 4.79 Å². The van der Waals surface area contributed by atoms with Gasteiger partial charge in [0.15, 0.2) is 0 Å². The van der Waals surface area contributed by atoms with Crippen LogP contribution < -0.4 is 5.32 Å². The summed E-state index contributed by atoms with van der Waals surface area (Å²) in [5, 5.41) is 20.7. The normalized spacial score (nSPS) is 10.0. The lowest BCUT2D eigenvalue weighted by Gasteiger charge is -2.06. The highest BCUT2D eigenvalue weighted by molar-refractivity contribution is 5.94. The van der Waals surface area contributed by atoms with Crippen LogP contribution in [-0.2, 0) is 6.54 Å². The van der Waals surface area contributed by atoms with Crippen LogP contribution in [0, 0.1) is 0 Å². The molecule has 0 heterocycles. The SMILES string of the molecule is O=C(O)c1cccc(CNC(=O)c2ccc(O)cc2)c1. The van der Waals surface area contributed by atoms with Crippen molar-refractivity contribution in [1.29, 1.82) is 0 Å². The first-order chi connectivity index (χ1) is 9.56. The number of carbonyl (C=O) groups is 2. The highest BCUT2D eigenvalue weighted by atomic mass is 16.4. The van der Waals surface area contributed by atoms with Gasteiger partial charge in [-0.15, -0.1) is 0 Å².